The molecule has 23 heavy (non-hydrogen) atoms. The van der Waals surface area contributed by atoms with E-state index in [9.17, 15) is 4.79 Å². The molecular formula is C17H25ClN2O3. The van der Waals surface area contributed by atoms with Crippen LogP contribution in [0.25, 0.3) is 0 Å². The quantitative estimate of drug-likeness (QED) is 0.783. The Labute approximate surface area is 142 Å². The molecule has 0 bridgehead atoms. The second-order valence-corrected chi connectivity index (χ2v) is 7.00. The molecule has 1 aromatic heterocycles. The summed E-state index contributed by atoms with van der Waals surface area (Å²) < 4.78 is 11.3. The molecule has 0 radical (unpaired) electrons. The minimum absolute atomic E-state index is 0.148. The van der Waals surface area contributed by atoms with E-state index in [0.717, 1.165) is 24.2 Å². The first-order valence-corrected chi connectivity index (χ1v) is 8.51. The van der Waals surface area contributed by atoms with E-state index >= 15 is 0 Å². The predicted octanol–water partition coefficient (Wildman–Crippen LogP) is 3.74. The molecule has 1 aromatic rings. The summed E-state index contributed by atoms with van der Waals surface area (Å²) in [5, 5.41) is 0. The van der Waals surface area contributed by atoms with Gasteiger partial charge < -0.3 is 14.4 Å². The lowest BCUT2D eigenvalue weighted by atomic mass is 10.1. The number of hydrogen-bond acceptors (Lipinski definition) is 4. The number of piperidine rings is 1. The molecule has 0 spiro atoms. The Kier molecular flexibility index (Phi) is 6.25. The highest BCUT2D eigenvalue weighted by atomic mass is 35.5. The lowest BCUT2D eigenvalue weighted by Gasteiger charge is -2.33. The Balaban J connectivity index is 1.75. The van der Waals surface area contributed by atoms with Crippen molar-refractivity contribution in [3.05, 3.63) is 29.6 Å². The molecule has 1 fully saturated rings. The first kappa shape index (κ1) is 18.0. The Hall–Kier alpha value is -1.33. The largest absolute Gasteiger partial charge is 0.444 e. The van der Waals surface area contributed by atoms with E-state index in [1.54, 1.807) is 4.90 Å². The number of alkyl halides is 1. The standard InChI is InChI=1S/C17H25ClN2O3/c1-17(2,3)23-16(21)20-9-7-15(8-10-20)22-12-14-6-4-5-13(11-18)19-14/h4-6,15H,7-12H2,1-3H3. The summed E-state index contributed by atoms with van der Waals surface area (Å²) >= 11 is 5.79. The number of carbonyl (C=O) groups excluding carboxylic acids is 1. The number of ether oxygens (including phenoxy) is 2. The van der Waals surface area contributed by atoms with Crippen molar-refractivity contribution in [1.82, 2.24) is 9.88 Å². The number of pyridine rings is 1. The molecule has 0 saturated carbocycles. The van der Waals surface area contributed by atoms with Gasteiger partial charge in [0.05, 0.1) is 30.0 Å². The fourth-order valence-electron chi connectivity index (χ4n) is 2.42. The van der Waals surface area contributed by atoms with Crippen molar-refractivity contribution < 1.29 is 14.3 Å². The van der Waals surface area contributed by atoms with Gasteiger partial charge in [-0.2, -0.15) is 0 Å². The van der Waals surface area contributed by atoms with E-state index < -0.39 is 5.60 Å². The number of hydrogen-bond donors (Lipinski definition) is 0. The van der Waals surface area contributed by atoms with Gasteiger partial charge in [0.2, 0.25) is 0 Å². The van der Waals surface area contributed by atoms with Crippen LogP contribution in [-0.2, 0) is 22.0 Å². The number of nitrogens with zero attached hydrogens (tertiary/aromatic N) is 2. The lowest BCUT2D eigenvalue weighted by Crippen LogP contribution is -2.43. The second kappa shape index (κ2) is 7.97. The van der Waals surface area contributed by atoms with Crippen molar-refractivity contribution >= 4 is 17.7 Å². The molecule has 0 aliphatic carbocycles. The van der Waals surface area contributed by atoms with Gasteiger partial charge in [-0.1, -0.05) is 6.07 Å². The maximum Gasteiger partial charge on any atom is 0.410 e. The molecule has 0 atom stereocenters. The van der Waals surface area contributed by atoms with E-state index in [1.165, 1.54) is 0 Å². The van der Waals surface area contributed by atoms with Crippen LogP contribution in [-0.4, -0.2) is 40.8 Å². The van der Waals surface area contributed by atoms with Gasteiger partial charge in [0.25, 0.3) is 0 Å². The third kappa shape index (κ3) is 5.99. The molecule has 1 aliphatic rings. The van der Waals surface area contributed by atoms with Crippen molar-refractivity contribution in [2.24, 2.45) is 0 Å². The molecule has 1 amide bonds. The third-order valence-corrected chi connectivity index (χ3v) is 3.84. The molecule has 0 unspecified atom stereocenters. The maximum atomic E-state index is 12.0. The highest BCUT2D eigenvalue weighted by Gasteiger charge is 2.27. The summed E-state index contributed by atoms with van der Waals surface area (Å²) in [7, 11) is 0. The van der Waals surface area contributed by atoms with Crippen molar-refractivity contribution in [2.75, 3.05) is 13.1 Å². The zero-order chi connectivity index (χ0) is 16.9. The monoisotopic (exact) mass is 340 g/mol. The average molecular weight is 341 g/mol. The van der Waals surface area contributed by atoms with Crippen molar-refractivity contribution in [3.8, 4) is 0 Å². The van der Waals surface area contributed by atoms with Gasteiger partial charge in [0.15, 0.2) is 0 Å². The van der Waals surface area contributed by atoms with E-state index in [1.807, 2.05) is 39.0 Å². The smallest absolute Gasteiger partial charge is 0.410 e. The lowest BCUT2D eigenvalue weighted by molar-refractivity contribution is -0.0178. The summed E-state index contributed by atoms with van der Waals surface area (Å²) in [5.74, 6) is 0.405. The molecule has 1 aliphatic heterocycles. The average Bonchev–Trinajstić information content (AvgIpc) is 2.52. The van der Waals surface area contributed by atoms with Gasteiger partial charge in [0, 0.05) is 13.1 Å². The van der Waals surface area contributed by atoms with Gasteiger partial charge in [-0.3, -0.25) is 4.98 Å². The molecule has 128 valence electrons. The molecule has 5 nitrogen and oxygen atoms in total. The number of halogens is 1. The van der Waals surface area contributed by atoms with Gasteiger partial charge in [-0.15, -0.1) is 11.6 Å². The zero-order valence-electron chi connectivity index (χ0n) is 14.0. The third-order valence-electron chi connectivity index (χ3n) is 3.56. The van der Waals surface area contributed by atoms with Gasteiger partial charge in [-0.05, 0) is 45.7 Å². The van der Waals surface area contributed by atoms with E-state index in [4.69, 9.17) is 21.1 Å². The zero-order valence-corrected chi connectivity index (χ0v) is 14.8. The van der Waals surface area contributed by atoms with Crippen molar-refractivity contribution in [2.45, 2.75) is 57.8 Å². The number of carbonyl (C=O) groups is 1. The summed E-state index contributed by atoms with van der Waals surface area (Å²) in [6, 6.07) is 5.77. The van der Waals surface area contributed by atoms with Crippen LogP contribution in [0.4, 0.5) is 4.79 Å². The Morgan fingerprint density at radius 1 is 1.30 bits per heavy atom. The molecule has 0 N–H and O–H groups in total. The number of aromatic nitrogens is 1. The van der Waals surface area contributed by atoms with Crippen LogP contribution >= 0.6 is 11.6 Å². The fraction of sp³-hybridized carbons (Fsp3) is 0.647. The Morgan fingerprint density at radius 3 is 2.57 bits per heavy atom. The van der Waals surface area contributed by atoms with E-state index in [2.05, 4.69) is 4.98 Å². The first-order valence-electron chi connectivity index (χ1n) is 7.97. The molecular weight excluding hydrogens is 316 g/mol. The second-order valence-electron chi connectivity index (χ2n) is 6.73. The molecule has 2 heterocycles. The van der Waals surface area contributed by atoms with E-state index in [0.29, 0.717) is 25.6 Å². The minimum atomic E-state index is -0.455. The Morgan fingerprint density at radius 2 is 1.96 bits per heavy atom. The Bertz CT molecular complexity index is 523. The minimum Gasteiger partial charge on any atom is -0.444 e. The van der Waals surface area contributed by atoms with Gasteiger partial charge >= 0.3 is 6.09 Å². The number of rotatable bonds is 4. The maximum absolute atomic E-state index is 12.0. The fourth-order valence-corrected chi connectivity index (χ4v) is 2.57. The van der Waals surface area contributed by atoms with Crippen molar-refractivity contribution in [1.29, 1.82) is 0 Å². The van der Waals surface area contributed by atoms with Gasteiger partial charge in [0.1, 0.15) is 5.60 Å². The van der Waals surface area contributed by atoms with Crippen LogP contribution in [0.1, 0.15) is 45.0 Å². The topological polar surface area (TPSA) is 51.7 Å². The first-order chi connectivity index (χ1) is 10.9. The van der Waals surface area contributed by atoms with Crippen LogP contribution in [0.5, 0.6) is 0 Å². The summed E-state index contributed by atoms with van der Waals surface area (Å²) in [6.07, 6.45) is 1.53. The highest BCUT2D eigenvalue weighted by Crippen LogP contribution is 2.18. The predicted molar refractivity (Wildman–Crippen MR) is 89.4 cm³/mol. The van der Waals surface area contributed by atoms with Gasteiger partial charge in [-0.25, -0.2) is 4.79 Å². The van der Waals surface area contributed by atoms with Crippen LogP contribution in [0.15, 0.2) is 18.2 Å². The summed E-state index contributed by atoms with van der Waals surface area (Å²) in [5.41, 5.74) is 1.29. The van der Waals surface area contributed by atoms with Crippen LogP contribution < -0.4 is 0 Å². The number of likely N-dealkylation sites (tertiary alicyclic amines) is 1. The summed E-state index contributed by atoms with van der Waals surface area (Å²) in [4.78, 5) is 18.2. The van der Waals surface area contributed by atoms with Crippen LogP contribution in [0.3, 0.4) is 0 Å². The van der Waals surface area contributed by atoms with Crippen LogP contribution in [0, 0.1) is 0 Å². The molecule has 0 aromatic carbocycles. The van der Waals surface area contributed by atoms with Crippen molar-refractivity contribution in [3.63, 3.8) is 0 Å². The normalized spacial score (nSPS) is 16.4. The summed E-state index contributed by atoms with van der Waals surface area (Å²) in [6.45, 7) is 7.43. The SMILES string of the molecule is CC(C)(C)OC(=O)N1CCC(OCc2cccc(CCl)n2)CC1. The molecule has 2 rings (SSSR count). The van der Waals surface area contributed by atoms with Crippen LogP contribution in [0.2, 0.25) is 0 Å². The number of amides is 1. The van der Waals surface area contributed by atoms with E-state index in [-0.39, 0.29) is 12.2 Å². The highest BCUT2D eigenvalue weighted by molar-refractivity contribution is 6.16. The molecule has 6 heteroatoms. The molecule has 1 saturated heterocycles.